The van der Waals surface area contributed by atoms with E-state index in [9.17, 15) is 4.79 Å². The van der Waals surface area contributed by atoms with Crippen LogP contribution in [0.15, 0.2) is 6.20 Å². The van der Waals surface area contributed by atoms with Gasteiger partial charge in [-0.3, -0.25) is 9.89 Å². The Morgan fingerprint density at radius 3 is 3.20 bits per heavy atom. The standard InChI is InChI=1S/C10H16N4O/c1-2-7-4-3-5-14(7)10(15)9-8(11)6-12-13-9/h6-7H,2-5,11H2,1H3,(H,12,13). The number of aromatic nitrogens is 2. The van der Waals surface area contributed by atoms with Crippen LogP contribution in [0.1, 0.15) is 36.7 Å². The normalized spacial score (nSPS) is 20.9. The van der Waals surface area contributed by atoms with Crippen molar-refractivity contribution >= 4 is 11.6 Å². The lowest BCUT2D eigenvalue weighted by atomic mass is 10.1. The molecule has 2 heterocycles. The van der Waals surface area contributed by atoms with Gasteiger partial charge in [0.2, 0.25) is 0 Å². The summed E-state index contributed by atoms with van der Waals surface area (Å²) in [6.07, 6.45) is 4.65. The molecule has 0 aromatic carbocycles. The molecule has 1 aliphatic rings. The number of nitrogens with zero attached hydrogens (tertiary/aromatic N) is 2. The maximum atomic E-state index is 12.1. The van der Waals surface area contributed by atoms with Gasteiger partial charge in [0.15, 0.2) is 0 Å². The van der Waals surface area contributed by atoms with Crippen molar-refractivity contribution in [1.82, 2.24) is 15.1 Å². The third kappa shape index (κ3) is 1.69. The fourth-order valence-corrected chi connectivity index (χ4v) is 2.14. The van der Waals surface area contributed by atoms with Crippen molar-refractivity contribution in [3.05, 3.63) is 11.9 Å². The molecular formula is C10H16N4O. The molecule has 15 heavy (non-hydrogen) atoms. The highest BCUT2D eigenvalue weighted by atomic mass is 16.2. The summed E-state index contributed by atoms with van der Waals surface area (Å²) in [5.41, 5.74) is 6.51. The fraction of sp³-hybridized carbons (Fsp3) is 0.600. The molecule has 1 saturated heterocycles. The van der Waals surface area contributed by atoms with Gasteiger partial charge in [0, 0.05) is 12.6 Å². The first kappa shape index (κ1) is 10.0. The monoisotopic (exact) mass is 208 g/mol. The molecule has 0 radical (unpaired) electrons. The second-order valence-corrected chi connectivity index (χ2v) is 3.90. The summed E-state index contributed by atoms with van der Waals surface area (Å²) < 4.78 is 0. The molecule has 1 atom stereocenters. The van der Waals surface area contributed by atoms with Crippen LogP contribution in [0.25, 0.3) is 0 Å². The van der Waals surface area contributed by atoms with Crippen LogP contribution in [0.3, 0.4) is 0 Å². The Labute approximate surface area is 88.6 Å². The van der Waals surface area contributed by atoms with E-state index in [0.29, 0.717) is 17.4 Å². The second kappa shape index (κ2) is 3.92. The number of H-pyrrole nitrogens is 1. The van der Waals surface area contributed by atoms with E-state index in [0.717, 1.165) is 25.8 Å². The molecule has 3 N–H and O–H groups in total. The molecule has 0 saturated carbocycles. The summed E-state index contributed by atoms with van der Waals surface area (Å²) in [5, 5.41) is 6.43. The van der Waals surface area contributed by atoms with E-state index in [-0.39, 0.29) is 5.91 Å². The van der Waals surface area contributed by atoms with E-state index in [1.807, 2.05) is 4.90 Å². The topological polar surface area (TPSA) is 75.0 Å². The second-order valence-electron chi connectivity index (χ2n) is 3.90. The summed E-state index contributed by atoms with van der Waals surface area (Å²) in [7, 11) is 0. The van der Waals surface area contributed by atoms with Gasteiger partial charge in [-0.25, -0.2) is 0 Å². The zero-order chi connectivity index (χ0) is 10.8. The van der Waals surface area contributed by atoms with Gasteiger partial charge in [0.25, 0.3) is 5.91 Å². The number of likely N-dealkylation sites (tertiary alicyclic amines) is 1. The van der Waals surface area contributed by atoms with Crippen molar-refractivity contribution in [1.29, 1.82) is 0 Å². The number of nitrogens with two attached hydrogens (primary N) is 1. The first-order valence-corrected chi connectivity index (χ1v) is 5.33. The quantitative estimate of drug-likeness (QED) is 0.761. The summed E-state index contributed by atoms with van der Waals surface area (Å²) in [5.74, 6) is -0.0191. The third-order valence-electron chi connectivity index (χ3n) is 2.99. The lowest BCUT2D eigenvalue weighted by Gasteiger charge is -2.22. The molecule has 5 heteroatoms. The van der Waals surface area contributed by atoms with Gasteiger partial charge >= 0.3 is 0 Å². The molecule has 0 spiro atoms. The molecule has 1 aliphatic heterocycles. The van der Waals surface area contributed by atoms with E-state index in [1.54, 1.807) is 0 Å². The summed E-state index contributed by atoms with van der Waals surface area (Å²) in [4.78, 5) is 14.0. The number of anilines is 1. The fourth-order valence-electron chi connectivity index (χ4n) is 2.14. The molecule has 0 aliphatic carbocycles. The average molecular weight is 208 g/mol. The minimum Gasteiger partial charge on any atom is -0.396 e. The zero-order valence-electron chi connectivity index (χ0n) is 8.86. The van der Waals surface area contributed by atoms with Crippen molar-refractivity contribution in [2.45, 2.75) is 32.2 Å². The van der Waals surface area contributed by atoms with Gasteiger partial charge in [-0.05, 0) is 19.3 Å². The number of hydrogen-bond donors (Lipinski definition) is 2. The molecule has 1 fully saturated rings. The molecule has 82 valence electrons. The molecule has 5 nitrogen and oxygen atoms in total. The average Bonchev–Trinajstić information content (AvgIpc) is 2.84. The van der Waals surface area contributed by atoms with Crippen molar-refractivity contribution in [3.63, 3.8) is 0 Å². The third-order valence-corrected chi connectivity index (χ3v) is 2.99. The SMILES string of the molecule is CCC1CCCN1C(=O)c1[nH]ncc1N. The number of rotatable bonds is 2. The number of amides is 1. The zero-order valence-corrected chi connectivity index (χ0v) is 8.86. The molecule has 0 bridgehead atoms. The van der Waals surface area contributed by atoms with Crippen molar-refractivity contribution in [2.24, 2.45) is 0 Å². The smallest absolute Gasteiger partial charge is 0.274 e. The predicted molar refractivity (Wildman–Crippen MR) is 57.3 cm³/mol. The molecular weight excluding hydrogens is 192 g/mol. The Morgan fingerprint density at radius 2 is 2.60 bits per heavy atom. The highest BCUT2D eigenvalue weighted by molar-refractivity contribution is 5.97. The van der Waals surface area contributed by atoms with Gasteiger partial charge in [-0.2, -0.15) is 5.10 Å². The van der Waals surface area contributed by atoms with Crippen LogP contribution in [-0.2, 0) is 0 Å². The summed E-state index contributed by atoms with van der Waals surface area (Å²) >= 11 is 0. The number of hydrogen-bond acceptors (Lipinski definition) is 3. The largest absolute Gasteiger partial charge is 0.396 e. The Morgan fingerprint density at radius 1 is 1.80 bits per heavy atom. The van der Waals surface area contributed by atoms with Gasteiger partial charge in [-0.15, -0.1) is 0 Å². The lowest BCUT2D eigenvalue weighted by molar-refractivity contribution is 0.0729. The van der Waals surface area contributed by atoms with Gasteiger partial charge in [0.1, 0.15) is 5.69 Å². The minimum atomic E-state index is -0.0191. The van der Waals surface area contributed by atoms with Crippen LogP contribution in [0.4, 0.5) is 5.69 Å². The Bertz CT molecular complexity index is 360. The number of nitrogen functional groups attached to an aromatic ring is 1. The molecule has 1 unspecified atom stereocenters. The Hall–Kier alpha value is -1.52. The summed E-state index contributed by atoms with van der Waals surface area (Å²) in [6.45, 7) is 2.93. The van der Waals surface area contributed by atoms with Crippen LogP contribution < -0.4 is 5.73 Å². The minimum absolute atomic E-state index is 0.0191. The molecule has 1 aromatic heterocycles. The Kier molecular flexibility index (Phi) is 2.62. The van der Waals surface area contributed by atoms with Crippen LogP contribution in [0.2, 0.25) is 0 Å². The highest BCUT2D eigenvalue weighted by Gasteiger charge is 2.29. The molecule has 1 aromatic rings. The Balaban J connectivity index is 2.18. The van der Waals surface area contributed by atoms with Crippen molar-refractivity contribution in [2.75, 3.05) is 12.3 Å². The van der Waals surface area contributed by atoms with Gasteiger partial charge < -0.3 is 10.6 Å². The highest BCUT2D eigenvalue weighted by Crippen LogP contribution is 2.22. The van der Waals surface area contributed by atoms with Crippen LogP contribution in [0.5, 0.6) is 0 Å². The van der Waals surface area contributed by atoms with Crippen LogP contribution in [-0.4, -0.2) is 33.6 Å². The van der Waals surface area contributed by atoms with E-state index in [2.05, 4.69) is 17.1 Å². The van der Waals surface area contributed by atoms with E-state index < -0.39 is 0 Å². The predicted octanol–water partition coefficient (Wildman–Crippen LogP) is 1.01. The molecule has 1 amide bonds. The number of nitrogens with one attached hydrogen (secondary N) is 1. The van der Waals surface area contributed by atoms with Crippen LogP contribution in [0, 0.1) is 0 Å². The van der Waals surface area contributed by atoms with E-state index in [1.165, 1.54) is 6.20 Å². The number of carbonyl (C=O) groups excluding carboxylic acids is 1. The van der Waals surface area contributed by atoms with Gasteiger partial charge in [-0.1, -0.05) is 6.92 Å². The lowest BCUT2D eigenvalue weighted by Crippen LogP contribution is -2.35. The maximum Gasteiger partial charge on any atom is 0.274 e. The van der Waals surface area contributed by atoms with Crippen molar-refractivity contribution < 1.29 is 4.79 Å². The van der Waals surface area contributed by atoms with Crippen molar-refractivity contribution in [3.8, 4) is 0 Å². The first-order valence-electron chi connectivity index (χ1n) is 5.33. The number of aromatic amines is 1. The first-order chi connectivity index (χ1) is 7.24. The van der Waals surface area contributed by atoms with E-state index >= 15 is 0 Å². The summed E-state index contributed by atoms with van der Waals surface area (Å²) in [6, 6.07) is 0.361. The number of carbonyl (C=O) groups is 1. The molecule has 2 rings (SSSR count). The van der Waals surface area contributed by atoms with E-state index in [4.69, 9.17) is 5.73 Å². The maximum absolute atomic E-state index is 12.1. The van der Waals surface area contributed by atoms with Crippen LogP contribution >= 0.6 is 0 Å². The van der Waals surface area contributed by atoms with Gasteiger partial charge in [0.05, 0.1) is 11.9 Å².